The van der Waals surface area contributed by atoms with Gasteiger partial charge in [-0.25, -0.2) is 8.78 Å². The SMILES string of the molecule is O=C(C(c1ccccc1)c1ccccc1)N(Cc1ccc(F)cc1F)C[C@H]1CC(c2ccccc2)=NO1. The molecule has 6 heteroatoms. The molecule has 0 unspecified atom stereocenters. The Morgan fingerprint density at radius 3 is 2.05 bits per heavy atom. The van der Waals surface area contributed by atoms with Gasteiger partial charge in [-0.05, 0) is 22.8 Å². The van der Waals surface area contributed by atoms with Crippen molar-refractivity contribution in [1.82, 2.24) is 4.90 Å². The van der Waals surface area contributed by atoms with Crippen LogP contribution in [0.2, 0.25) is 0 Å². The van der Waals surface area contributed by atoms with Crippen molar-refractivity contribution in [2.45, 2.75) is 25.0 Å². The van der Waals surface area contributed by atoms with Crippen molar-refractivity contribution < 1.29 is 18.4 Å². The lowest BCUT2D eigenvalue weighted by molar-refractivity contribution is -0.134. The van der Waals surface area contributed by atoms with Gasteiger partial charge in [-0.3, -0.25) is 4.79 Å². The average Bonchev–Trinajstić information content (AvgIpc) is 3.40. The van der Waals surface area contributed by atoms with Gasteiger partial charge in [0.25, 0.3) is 0 Å². The highest BCUT2D eigenvalue weighted by Crippen LogP contribution is 2.29. The molecule has 0 aliphatic carbocycles. The molecule has 4 aromatic carbocycles. The molecule has 4 nitrogen and oxygen atoms in total. The second-order valence-corrected chi connectivity index (χ2v) is 9.04. The van der Waals surface area contributed by atoms with Crippen LogP contribution in [0.3, 0.4) is 0 Å². The number of oxime groups is 1. The molecular weight excluding hydrogens is 470 g/mol. The van der Waals surface area contributed by atoms with E-state index >= 15 is 0 Å². The van der Waals surface area contributed by atoms with Crippen LogP contribution in [-0.2, 0) is 16.2 Å². The first-order valence-electron chi connectivity index (χ1n) is 12.2. The summed E-state index contributed by atoms with van der Waals surface area (Å²) in [6, 6.07) is 32.2. The molecule has 0 aromatic heterocycles. The summed E-state index contributed by atoms with van der Waals surface area (Å²) in [5, 5.41) is 4.25. The number of nitrogens with zero attached hydrogens (tertiary/aromatic N) is 2. The minimum Gasteiger partial charge on any atom is -0.390 e. The second-order valence-electron chi connectivity index (χ2n) is 9.04. The van der Waals surface area contributed by atoms with Crippen molar-refractivity contribution in [3.05, 3.63) is 143 Å². The first-order chi connectivity index (χ1) is 18.1. The molecule has 1 aliphatic heterocycles. The molecule has 0 saturated carbocycles. The predicted molar refractivity (Wildman–Crippen MR) is 139 cm³/mol. The van der Waals surface area contributed by atoms with Crippen molar-refractivity contribution >= 4 is 11.6 Å². The van der Waals surface area contributed by atoms with Crippen molar-refractivity contribution in [1.29, 1.82) is 0 Å². The lowest BCUT2D eigenvalue weighted by Gasteiger charge is -2.30. The Hall–Kier alpha value is -4.32. The zero-order valence-electron chi connectivity index (χ0n) is 20.1. The maximum Gasteiger partial charge on any atom is 0.235 e. The Bertz CT molecular complexity index is 1340. The van der Waals surface area contributed by atoms with Crippen molar-refractivity contribution in [3.8, 4) is 0 Å². The molecule has 0 N–H and O–H groups in total. The summed E-state index contributed by atoms with van der Waals surface area (Å²) in [5.41, 5.74) is 3.65. The molecule has 4 aromatic rings. The molecule has 0 saturated heterocycles. The molecular formula is C31H26F2N2O2. The van der Waals surface area contributed by atoms with Gasteiger partial charge in [-0.15, -0.1) is 0 Å². The molecule has 1 heterocycles. The maximum absolute atomic E-state index is 14.7. The Labute approximate surface area is 214 Å². The van der Waals surface area contributed by atoms with Crippen LogP contribution >= 0.6 is 0 Å². The Morgan fingerprint density at radius 1 is 0.865 bits per heavy atom. The number of rotatable bonds is 8. The summed E-state index contributed by atoms with van der Waals surface area (Å²) in [6.45, 7) is 0.174. The fourth-order valence-corrected chi connectivity index (χ4v) is 4.61. The van der Waals surface area contributed by atoms with Gasteiger partial charge in [0, 0.05) is 24.6 Å². The molecule has 0 bridgehead atoms. The largest absolute Gasteiger partial charge is 0.390 e. The first kappa shape index (κ1) is 24.4. The van der Waals surface area contributed by atoms with E-state index in [4.69, 9.17) is 4.84 Å². The Balaban J connectivity index is 1.45. The summed E-state index contributed by atoms with van der Waals surface area (Å²) in [5.74, 6) is -2.15. The minimum atomic E-state index is -0.692. The number of amides is 1. The zero-order chi connectivity index (χ0) is 25.6. The van der Waals surface area contributed by atoms with Gasteiger partial charge in [0.1, 0.15) is 11.6 Å². The molecule has 0 fully saturated rings. The van der Waals surface area contributed by atoms with Crippen LogP contribution in [0.15, 0.2) is 114 Å². The molecule has 5 rings (SSSR count). The van der Waals surface area contributed by atoms with Crippen LogP contribution in [0.5, 0.6) is 0 Å². The standard InChI is InChI=1S/C31H26F2N2O2/c32-26-17-16-25(28(33)18-26)20-35(21-27-19-29(34-37-27)22-10-4-1-5-11-22)31(36)30(23-12-6-2-7-13-23)24-14-8-3-9-15-24/h1-18,27,30H,19-21H2/t27-/m1/s1. The van der Waals surface area contributed by atoms with E-state index in [1.165, 1.54) is 12.1 Å². The predicted octanol–water partition coefficient (Wildman–Crippen LogP) is 6.32. The number of benzene rings is 4. The van der Waals surface area contributed by atoms with Crippen LogP contribution in [0.25, 0.3) is 0 Å². The highest BCUT2D eigenvalue weighted by Gasteiger charge is 2.32. The number of hydrogen-bond donors (Lipinski definition) is 0. The fraction of sp³-hybridized carbons (Fsp3) is 0.161. The summed E-state index contributed by atoms with van der Waals surface area (Å²) in [6.07, 6.45) is 0.121. The zero-order valence-corrected chi connectivity index (χ0v) is 20.1. The van der Waals surface area contributed by atoms with Gasteiger partial charge in [-0.1, -0.05) is 102 Å². The molecule has 186 valence electrons. The summed E-state index contributed by atoms with van der Waals surface area (Å²) < 4.78 is 28.3. The van der Waals surface area contributed by atoms with E-state index in [0.717, 1.165) is 28.5 Å². The number of hydrogen-bond acceptors (Lipinski definition) is 3. The molecule has 1 aliphatic rings. The van der Waals surface area contributed by atoms with Crippen LogP contribution in [0.4, 0.5) is 8.78 Å². The highest BCUT2D eigenvalue weighted by molar-refractivity contribution is 6.01. The average molecular weight is 497 g/mol. The lowest BCUT2D eigenvalue weighted by Crippen LogP contribution is -2.40. The van der Waals surface area contributed by atoms with Gasteiger partial charge >= 0.3 is 0 Å². The lowest BCUT2D eigenvalue weighted by atomic mass is 9.89. The van der Waals surface area contributed by atoms with Crippen molar-refractivity contribution in [3.63, 3.8) is 0 Å². The quantitative estimate of drug-likeness (QED) is 0.287. The fourth-order valence-electron chi connectivity index (χ4n) is 4.61. The maximum atomic E-state index is 14.7. The number of carbonyl (C=O) groups excluding carboxylic acids is 1. The van der Waals surface area contributed by atoms with E-state index in [1.54, 1.807) is 4.90 Å². The van der Waals surface area contributed by atoms with E-state index in [-0.39, 0.29) is 24.6 Å². The molecule has 0 radical (unpaired) electrons. The smallest absolute Gasteiger partial charge is 0.235 e. The molecule has 1 atom stereocenters. The summed E-state index contributed by atoms with van der Waals surface area (Å²) in [4.78, 5) is 21.5. The van der Waals surface area contributed by atoms with Crippen LogP contribution < -0.4 is 0 Å². The third kappa shape index (κ3) is 5.75. The molecule has 1 amide bonds. The second kappa shape index (κ2) is 11.2. The van der Waals surface area contributed by atoms with Crippen molar-refractivity contribution in [2.24, 2.45) is 5.16 Å². The van der Waals surface area contributed by atoms with E-state index in [9.17, 15) is 13.6 Å². The third-order valence-corrected chi connectivity index (χ3v) is 6.46. The van der Waals surface area contributed by atoms with Gasteiger partial charge in [0.2, 0.25) is 5.91 Å². The van der Waals surface area contributed by atoms with Gasteiger partial charge in [0.05, 0.1) is 18.2 Å². The van der Waals surface area contributed by atoms with E-state index in [0.29, 0.717) is 6.42 Å². The number of halogens is 2. The van der Waals surface area contributed by atoms with Crippen molar-refractivity contribution in [2.75, 3.05) is 6.54 Å². The number of carbonyl (C=O) groups is 1. The van der Waals surface area contributed by atoms with Crippen LogP contribution in [0.1, 0.15) is 34.6 Å². The Morgan fingerprint density at radius 2 is 1.46 bits per heavy atom. The first-order valence-corrected chi connectivity index (χ1v) is 12.2. The summed E-state index contributed by atoms with van der Waals surface area (Å²) >= 11 is 0. The molecule has 0 spiro atoms. The Kier molecular flexibility index (Phi) is 7.36. The van der Waals surface area contributed by atoms with Crippen LogP contribution in [0, 0.1) is 11.6 Å². The molecule has 37 heavy (non-hydrogen) atoms. The highest BCUT2D eigenvalue weighted by atomic mass is 19.1. The third-order valence-electron chi connectivity index (χ3n) is 6.46. The summed E-state index contributed by atoms with van der Waals surface area (Å²) in [7, 11) is 0. The minimum absolute atomic E-state index is 0.0261. The normalized spacial score (nSPS) is 14.8. The topological polar surface area (TPSA) is 41.9 Å². The van der Waals surface area contributed by atoms with Gasteiger partial charge in [0.15, 0.2) is 6.10 Å². The van der Waals surface area contributed by atoms with Crippen LogP contribution in [-0.4, -0.2) is 29.2 Å². The van der Waals surface area contributed by atoms with E-state index in [1.807, 2.05) is 91.0 Å². The van der Waals surface area contributed by atoms with Gasteiger partial charge in [-0.2, -0.15) is 0 Å². The van der Waals surface area contributed by atoms with E-state index < -0.39 is 23.7 Å². The monoisotopic (exact) mass is 496 g/mol. The van der Waals surface area contributed by atoms with Gasteiger partial charge < -0.3 is 9.74 Å². The van der Waals surface area contributed by atoms with E-state index in [2.05, 4.69) is 5.16 Å².